The zero-order valence-electron chi connectivity index (χ0n) is 8.72. The van der Waals surface area contributed by atoms with Crippen molar-refractivity contribution in [2.75, 3.05) is 0 Å². The zero-order valence-corrected chi connectivity index (χ0v) is 9.48. The third kappa shape index (κ3) is 1.62. The summed E-state index contributed by atoms with van der Waals surface area (Å²) in [5.41, 5.74) is 1.68. The minimum atomic E-state index is -1.58. The van der Waals surface area contributed by atoms with Crippen molar-refractivity contribution in [3.8, 4) is 0 Å². The van der Waals surface area contributed by atoms with Gasteiger partial charge >= 0.3 is 7.12 Å². The number of halogens is 1. The highest BCUT2D eigenvalue weighted by Gasteiger charge is 2.18. The highest BCUT2D eigenvalue weighted by molar-refractivity contribution is 6.63. The molecular weight excluding hydrogens is 238 g/mol. The molecule has 5 heteroatoms. The Morgan fingerprint density at radius 2 is 1.76 bits per heavy atom. The molecule has 2 N–H and O–H groups in total. The van der Waals surface area contributed by atoms with Crippen LogP contribution < -0.4 is 5.46 Å². The predicted octanol–water partition coefficient (Wildman–Crippen LogP) is 1.92. The number of benzene rings is 2. The molecule has 0 atom stereocenters. The molecule has 3 nitrogen and oxygen atoms in total. The number of hydrogen-bond acceptors (Lipinski definition) is 3. The van der Waals surface area contributed by atoms with Gasteiger partial charge in [-0.05, 0) is 18.2 Å². The number of rotatable bonds is 1. The monoisotopic (exact) mass is 246 g/mol. The highest BCUT2D eigenvalue weighted by atomic mass is 35.5. The van der Waals surface area contributed by atoms with Crippen LogP contribution in [0.15, 0.2) is 40.8 Å². The van der Waals surface area contributed by atoms with Gasteiger partial charge in [-0.1, -0.05) is 29.8 Å². The van der Waals surface area contributed by atoms with Crippen LogP contribution in [0.3, 0.4) is 0 Å². The second-order valence-corrected chi connectivity index (χ2v) is 4.25. The van der Waals surface area contributed by atoms with Gasteiger partial charge in [0.15, 0.2) is 0 Å². The van der Waals surface area contributed by atoms with E-state index < -0.39 is 7.12 Å². The van der Waals surface area contributed by atoms with E-state index in [0.717, 1.165) is 16.4 Å². The molecule has 0 amide bonds. The average Bonchev–Trinajstić information content (AvgIpc) is 2.64. The molecule has 84 valence electrons. The molecule has 1 heterocycles. The normalized spacial score (nSPS) is 11.2. The van der Waals surface area contributed by atoms with E-state index in [1.165, 1.54) is 0 Å². The van der Waals surface area contributed by atoms with Crippen LogP contribution in [0, 0.1) is 0 Å². The van der Waals surface area contributed by atoms with Crippen molar-refractivity contribution in [3.63, 3.8) is 0 Å². The molecule has 0 bridgehead atoms. The molecule has 0 saturated heterocycles. The molecule has 0 aliphatic carbocycles. The fraction of sp³-hybridized carbons (Fsp3) is 0. The van der Waals surface area contributed by atoms with E-state index in [1.807, 2.05) is 24.3 Å². The van der Waals surface area contributed by atoms with Crippen LogP contribution in [0.5, 0.6) is 0 Å². The Labute approximate surface area is 102 Å². The summed E-state index contributed by atoms with van der Waals surface area (Å²) in [6, 6.07) is 10.8. The number of hydrogen-bond donors (Lipinski definition) is 2. The Morgan fingerprint density at radius 3 is 2.53 bits per heavy atom. The van der Waals surface area contributed by atoms with Crippen LogP contribution in [0.1, 0.15) is 0 Å². The van der Waals surface area contributed by atoms with Crippen molar-refractivity contribution in [1.82, 2.24) is 0 Å². The fourth-order valence-corrected chi connectivity index (χ4v) is 2.21. The van der Waals surface area contributed by atoms with Gasteiger partial charge < -0.3 is 14.5 Å². The molecular formula is C12H8BClO3. The summed E-state index contributed by atoms with van der Waals surface area (Å²) in [5.74, 6) is 0. The van der Waals surface area contributed by atoms with Gasteiger partial charge in [-0.25, -0.2) is 0 Å². The molecule has 1 aromatic heterocycles. The second kappa shape index (κ2) is 3.77. The van der Waals surface area contributed by atoms with Gasteiger partial charge in [0.05, 0.1) is 0 Å². The van der Waals surface area contributed by atoms with Gasteiger partial charge in [0.1, 0.15) is 11.2 Å². The molecule has 0 saturated carbocycles. The molecule has 0 aliphatic heterocycles. The molecule has 0 spiro atoms. The van der Waals surface area contributed by atoms with Crippen LogP contribution in [-0.4, -0.2) is 17.2 Å². The molecule has 0 unspecified atom stereocenters. The summed E-state index contributed by atoms with van der Waals surface area (Å²) in [6.07, 6.45) is 0. The third-order valence-corrected chi connectivity index (χ3v) is 3.10. The van der Waals surface area contributed by atoms with E-state index in [1.54, 1.807) is 12.1 Å². The van der Waals surface area contributed by atoms with Crippen molar-refractivity contribution in [2.24, 2.45) is 0 Å². The van der Waals surface area contributed by atoms with E-state index in [2.05, 4.69) is 0 Å². The first kappa shape index (κ1) is 10.7. The van der Waals surface area contributed by atoms with E-state index in [4.69, 9.17) is 16.0 Å². The summed E-state index contributed by atoms with van der Waals surface area (Å²) in [4.78, 5) is 0. The van der Waals surface area contributed by atoms with Gasteiger partial charge in [-0.3, -0.25) is 0 Å². The summed E-state index contributed by atoms with van der Waals surface area (Å²) in [7, 11) is -1.58. The van der Waals surface area contributed by atoms with Crippen molar-refractivity contribution in [2.45, 2.75) is 0 Å². The topological polar surface area (TPSA) is 53.6 Å². The number of fused-ring (bicyclic) bond motifs is 3. The summed E-state index contributed by atoms with van der Waals surface area (Å²) in [6.45, 7) is 0. The number of para-hydroxylation sites is 1. The Bertz CT molecular complexity index is 705. The molecule has 2 aromatic carbocycles. The van der Waals surface area contributed by atoms with Gasteiger partial charge in [-0.2, -0.15) is 0 Å². The van der Waals surface area contributed by atoms with Crippen LogP contribution in [0.25, 0.3) is 21.9 Å². The van der Waals surface area contributed by atoms with E-state index >= 15 is 0 Å². The third-order valence-electron chi connectivity index (χ3n) is 2.77. The maximum atomic E-state index is 9.21. The summed E-state index contributed by atoms with van der Waals surface area (Å²) < 4.78 is 5.62. The SMILES string of the molecule is OB(O)c1cc2c(cc1Cl)oc1ccccc12. The Hall–Kier alpha value is -1.49. The van der Waals surface area contributed by atoms with Crippen molar-refractivity contribution >= 4 is 46.1 Å². The Kier molecular flexibility index (Phi) is 2.36. The lowest BCUT2D eigenvalue weighted by Crippen LogP contribution is -2.30. The molecule has 0 radical (unpaired) electrons. The Morgan fingerprint density at radius 1 is 1.00 bits per heavy atom. The van der Waals surface area contributed by atoms with Crippen molar-refractivity contribution < 1.29 is 14.5 Å². The van der Waals surface area contributed by atoms with Crippen molar-refractivity contribution in [1.29, 1.82) is 0 Å². The van der Waals surface area contributed by atoms with Crippen molar-refractivity contribution in [3.05, 3.63) is 41.4 Å². The quantitative estimate of drug-likeness (QED) is 0.645. The first-order chi connectivity index (χ1) is 8.16. The smallest absolute Gasteiger partial charge is 0.456 e. The molecule has 0 fully saturated rings. The molecule has 0 aliphatic rings. The first-order valence-corrected chi connectivity index (χ1v) is 5.51. The first-order valence-electron chi connectivity index (χ1n) is 5.13. The lowest BCUT2D eigenvalue weighted by molar-refractivity contribution is 0.426. The second-order valence-electron chi connectivity index (χ2n) is 3.84. The van der Waals surface area contributed by atoms with Crippen LogP contribution in [0.4, 0.5) is 0 Å². The minimum absolute atomic E-state index is 0.283. The lowest BCUT2D eigenvalue weighted by atomic mass is 9.79. The highest BCUT2D eigenvalue weighted by Crippen LogP contribution is 2.29. The predicted molar refractivity (Wildman–Crippen MR) is 68.6 cm³/mol. The lowest BCUT2D eigenvalue weighted by Gasteiger charge is -2.02. The molecule has 17 heavy (non-hydrogen) atoms. The maximum absolute atomic E-state index is 9.21. The minimum Gasteiger partial charge on any atom is -0.456 e. The standard InChI is InChI=1S/C12H8BClO3/c14-10-6-12-8(5-9(10)13(15)16)7-3-1-2-4-11(7)17-12/h1-6,15-16H. The average molecular weight is 246 g/mol. The van der Waals surface area contributed by atoms with Gasteiger partial charge in [-0.15, -0.1) is 0 Å². The van der Waals surface area contributed by atoms with Crippen LogP contribution in [0.2, 0.25) is 5.02 Å². The van der Waals surface area contributed by atoms with Crippen LogP contribution in [-0.2, 0) is 0 Å². The number of furan rings is 1. The van der Waals surface area contributed by atoms with E-state index in [9.17, 15) is 10.0 Å². The fourth-order valence-electron chi connectivity index (χ4n) is 1.96. The zero-order chi connectivity index (χ0) is 12.0. The molecule has 3 rings (SSSR count). The van der Waals surface area contributed by atoms with Gasteiger partial charge in [0, 0.05) is 21.3 Å². The van der Waals surface area contributed by atoms with Gasteiger partial charge in [0.25, 0.3) is 0 Å². The maximum Gasteiger partial charge on any atom is 0.489 e. The largest absolute Gasteiger partial charge is 0.489 e. The molecule has 3 aromatic rings. The summed E-state index contributed by atoms with van der Waals surface area (Å²) >= 11 is 5.95. The summed E-state index contributed by atoms with van der Waals surface area (Å²) in [5, 5.41) is 20.5. The van der Waals surface area contributed by atoms with Crippen LogP contribution >= 0.6 is 11.6 Å². The van der Waals surface area contributed by atoms with E-state index in [0.29, 0.717) is 5.58 Å². The van der Waals surface area contributed by atoms with E-state index in [-0.39, 0.29) is 10.5 Å². The van der Waals surface area contributed by atoms with Gasteiger partial charge in [0.2, 0.25) is 0 Å². The Balaban J connectivity index is 2.43.